The van der Waals surface area contributed by atoms with Crippen LogP contribution in [0.2, 0.25) is 0 Å². The summed E-state index contributed by atoms with van der Waals surface area (Å²) in [6, 6.07) is 85.1. The molecule has 0 N–H and O–H groups in total. The first kappa shape index (κ1) is 36.9. The summed E-state index contributed by atoms with van der Waals surface area (Å²) in [5.74, 6) is 1.72. The number of nitrogens with zero attached hydrogens (tertiary/aromatic N) is 2. The maximum atomic E-state index is 7.18. The van der Waals surface area contributed by atoms with Crippen LogP contribution in [0.3, 0.4) is 0 Å². The topological polar surface area (TPSA) is 17.4 Å². The van der Waals surface area contributed by atoms with Gasteiger partial charge in [0.2, 0.25) is 0 Å². The number of thiophene rings is 1. The second-order valence-corrected chi connectivity index (χ2v) is 19.0. The highest BCUT2D eigenvalue weighted by molar-refractivity contribution is 7.25. The van der Waals surface area contributed by atoms with Crippen LogP contribution in [0.4, 0.5) is 17.1 Å². The summed E-state index contributed by atoms with van der Waals surface area (Å²) in [6.45, 7) is 0. The lowest BCUT2D eigenvalue weighted by Crippen LogP contribution is -2.36. The molecule has 3 heterocycles. The van der Waals surface area contributed by atoms with E-state index in [1.54, 1.807) is 0 Å². The van der Waals surface area contributed by atoms with E-state index in [0.29, 0.717) is 0 Å². The van der Waals surface area contributed by atoms with Gasteiger partial charge in [-0.1, -0.05) is 164 Å². The van der Waals surface area contributed by atoms with Gasteiger partial charge in [-0.2, -0.15) is 0 Å². The van der Waals surface area contributed by atoms with E-state index in [1.807, 2.05) is 11.3 Å². The quantitative estimate of drug-likeness (QED) is 0.175. The smallest absolute Gasteiger partial charge is 0.134 e. The Labute approximate surface area is 390 Å². The van der Waals surface area contributed by atoms with Crippen molar-refractivity contribution in [3.05, 3.63) is 253 Å². The highest BCUT2D eigenvalue weighted by Gasteiger charge is 2.49. The number of hydrogen-bond acceptors (Lipinski definition) is 3. The number of hydrogen-bond donors (Lipinski definition) is 0. The predicted molar refractivity (Wildman–Crippen MR) is 281 cm³/mol. The Morgan fingerprint density at radius 2 is 0.985 bits per heavy atom. The van der Waals surface area contributed by atoms with Gasteiger partial charge < -0.3 is 14.2 Å². The van der Waals surface area contributed by atoms with Crippen LogP contribution in [0.15, 0.2) is 231 Å². The zero-order valence-electron chi connectivity index (χ0n) is 36.2. The summed E-state index contributed by atoms with van der Waals surface area (Å²) in [5, 5.41) is 9.93. The van der Waals surface area contributed by atoms with Crippen molar-refractivity contribution in [3.63, 3.8) is 0 Å². The lowest BCUT2D eigenvalue weighted by Gasteiger charge is -2.45. The molecule has 312 valence electrons. The van der Waals surface area contributed by atoms with E-state index in [9.17, 15) is 0 Å². The van der Waals surface area contributed by atoms with Crippen molar-refractivity contribution in [3.8, 4) is 28.3 Å². The highest BCUT2D eigenvalue weighted by Crippen LogP contribution is 2.61. The van der Waals surface area contributed by atoms with Crippen LogP contribution in [0, 0.1) is 0 Å². The van der Waals surface area contributed by atoms with Gasteiger partial charge >= 0.3 is 0 Å². The molecule has 15 rings (SSSR count). The van der Waals surface area contributed by atoms with Crippen LogP contribution in [-0.4, -0.2) is 4.57 Å². The molecule has 0 radical (unpaired) electrons. The number of para-hydroxylation sites is 2. The first-order chi connectivity index (χ1) is 33.2. The third-order valence-electron chi connectivity index (χ3n) is 14.6. The van der Waals surface area contributed by atoms with Crippen molar-refractivity contribution in [1.82, 2.24) is 4.57 Å². The fourth-order valence-electron chi connectivity index (χ4n) is 11.9. The van der Waals surface area contributed by atoms with E-state index in [4.69, 9.17) is 4.74 Å². The van der Waals surface area contributed by atoms with E-state index in [2.05, 4.69) is 240 Å². The third-order valence-corrected chi connectivity index (χ3v) is 15.8. The molecule has 67 heavy (non-hydrogen) atoms. The molecule has 1 spiro atoms. The standard InChI is InChI=1S/C63H38N2OS/c1-2-18-44-39(14-1)15-13-27-55(44)65-56-26-8-4-20-46(56)47-33-30-42(37-57(47)65)64(41-32-35-61-50(36-41)48-21-5-10-29-60(48)67-61)43-31-34-53-59(38-43)66-58-28-9-7-24-52(58)63(53)51-23-6-3-19-45(51)49-22-11-16-40-17-12-25-54(63)62(40)49/h1-38H. The molecule has 1 atom stereocenters. The largest absolute Gasteiger partial charge is 0.457 e. The first-order valence-corrected chi connectivity index (χ1v) is 23.8. The molecule has 1 aliphatic heterocycles. The molecule has 2 aromatic heterocycles. The molecular weight excluding hydrogens is 833 g/mol. The van der Waals surface area contributed by atoms with E-state index in [0.717, 1.165) is 50.9 Å². The molecule has 3 nitrogen and oxygen atoms in total. The summed E-state index contributed by atoms with van der Waals surface area (Å²) < 4.78 is 12.2. The van der Waals surface area contributed by atoms with Gasteiger partial charge in [0, 0.05) is 70.6 Å². The normalized spacial score (nSPS) is 14.7. The maximum Gasteiger partial charge on any atom is 0.134 e. The minimum absolute atomic E-state index is 0.620. The van der Waals surface area contributed by atoms with E-state index >= 15 is 0 Å². The molecule has 0 saturated heterocycles. The third kappa shape index (κ3) is 5.05. The number of aromatic nitrogens is 1. The summed E-state index contributed by atoms with van der Waals surface area (Å²) in [4.78, 5) is 2.43. The maximum absolute atomic E-state index is 7.18. The van der Waals surface area contributed by atoms with Gasteiger partial charge in [0.25, 0.3) is 0 Å². The number of ether oxygens (including phenoxy) is 1. The Hall–Kier alpha value is -8.44. The van der Waals surface area contributed by atoms with E-state index in [1.165, 1.54) is 80.3 Å². The number of benzene rings is 11. The molecule has 2 aliphatic rings. The monoisotopic (exact) mass is 870 g/mol. The second kappa shape index (κ2) is 13.8. The minimum Gasteiger partial charge on any atom is -0.457 e. The minimum atomic E-state index is -0.620. The molecular formula is C63H38N2OS. The van der Waals surface area contributed by atoms with Crippen molar-refractivity contribution in [2.75, 3.05) is 4.90 Å². The Morgan fingerprint density at radius 3 is 1.93 bits per heavy atom. The molecule has 11 aromatic carbocycles. The van der Waals surface area contributed by atoms with Crippen molar-refractivity contribution in [2.45, 2.75) is 5.41 Å². The molecule has 0 saturated carbocycles. The summed E-state index contributed by atoms with van der Waals surface area (Å²) >= 11 is 1.85. The van der Waals surface area contributed by atoms with Crippen molar-refractivity contribution < 1.29 is 4.74 Å². The molecule has 1 unspecified atom stereocenters. The number of rotatable bonds is 4. The molecule has 0 bridgehead atoms. The molecule has 4 heteroatoms. The van der Waals surface area contributed by atoms with Gasteiger partial charge in [-0.3, -0.25) is 0 Å². The SMILES string of the molecule is c1ccc2c(c1)Oc1cc(N(c3ccc4sc5ccccc5c4c3)c3ccc4c5ccccc5n(-c5cccc6ccccc56)c4c3)ccc1C21c2ccccc2-c2cccc3cccc1c23. The Morgan fingerprint density at radius 1 is 0.373 bits per heavy atom. The summed E-state index contributed by atoms with van der Waals surface area (Å²) in [7, 11) is 0. The molecule has 0 amide bonds. The van der Waals surface area contributed by atoms with Crippen molar-refractivity contribution in [2.24, 2.45) is 0 Å². The Kier molecular flexibility index (Phi) is 7.58. The Bertz CT molecular complexity index is 4220. The average molecular weight is 871 g/mol. The number of anilines is 3. The van der Waals surface area contributed by atoms with Crippen LogP contribution in [0.5, 0.6) is 11.5 Å². The summed E-state index contributed by atoms with van der Waals surface area (Å²) in [5.41, 5.74) is 13.4. The zero-order chi connectivity index (χ0) is 43.8. The van der Waals surface area contributed by atoms with Crippen LogP contribution < -0.4 is 9.64 Å². The van der Waals surface area contributed by atoms with Gasteiger partial charge in [-0.05, 0) is 99.1 Å². The van der Waals surface area contributed by atoms with Gasteiger partial charge in [0.05, 0.1) is 22.1 Å². The van der Waals surface area contributed by atoms with Gasteiger partial charge in [0.1, 0.15) is 11.5 Å². The van der Waals surface area contributed by atoms with E-state index in [-0.39, 0.29) is 0 Å². The molecule has 13 aromatic rings. The van der Waals surface area contributed by atoms with Crippen LogP contribution in [-0.2, 0) is 5.41 Å². The lowest BCUT2D eigenvalue weighted by molar-refractivity contribution is 0.435. The first-order valence-electron chi connectivity index (χ1n) is 23.0. The number of fused-ring (bicyclic) bond motifs is 15. The van der Waals surface area contributed by atoms with Gasteiger partial charge in [-0.25, -0.2) is 0 Å². The Balaban J connectivity index is 1.01. The van der Waals surface area contributed by atoms with Gasteiger partial charge in [0.15, 0.2) is 0 Å². The molecule has 1 aliphatic carbocycles. The van der Waals surface area contributed by atoms with Crippen LogP contribution >= 0.6 is 11.3 Å². The highest BCUT2D eigenvalue weighted by atomic mass is 32.1. The van der Waals surface area contributed by atoms with Crippen molar-refractivity contribution >= 4 is 91.9 Å². The van der Waals surface area contributed by atoms with Crippen molar-refractivity contribution in [1.29, 1.82) is 0 Å². The lowest BCUT2D eigenvalue weighted by atomic mass is 9.58. The fourth-order valence-corrected chi connectivity index (χ4v) is 13.0. The average Bonchev–Trinajstić information content (AvgIpc) is 3.92. The van der Waals surface area contributed by atoms with Crippen LogP contribution in [0.1, 0.15) is 22.3 Å². The predicted octanol–water partition coefficient (Wildman–Crippen LogP) is 17.4. The second-order valence-electron chi connectivity index (χ2n) is 17.9. The fraction of sp³-hybridized carbons (Fsp3) is 0.0159. The van der Waals surface area contributed by atoms with E-state index < -0.39 is 5.41 Å². The zero-order valence-corrected chi connectivity index (χ0v) is 37.0. The van der Waals surface area contributed by atoms with Gasteiger partial charge in [-0.15, -0.1) is 11.3 Å². The van der Waals surface area contributed by atoms with Crippen LogP contribution in [0.25, 0.3) is 80.3 Å². The molecule has 0 fully saturated rings. The summed E-state index contributed by atoms with van der Waals surface area (Å²) in [6.07, 6.45) is 0.